The van der Waals surface area contributed by atoms with E-state index in [1.165, 1.54) is 11.8 Å². The number of nitrogens with zero attached hydrogens (tertiary/aromatic N) is 2. The summed E-state index contributed by atoms with van der Waals surface area (Å²) >= 11 is 1.40. The number of aromatic carboxylic acids is 1. The van der Waals surface area contributed by atoms with Crippen molar-refractivity contribution in [3.63, 3.8) is 0 Å². The van der Waals surface area contributed by atoms with Gasteiger partial charge < -0.3 is 5.11 Å². The Balaban J connectivity index is 3.24. The molecule has 1 rings (SSSR count). The summed E-state index contributed by atoms with van der Waals surface area (Å²) in [7, 11) is 0. The Morgan fingerprint density at radius 1 is 1.44 bits per heavy atom. The van der Waals surface area contributed by atoms with Crippen LogP contribution in [0.1, 0.15) is 48.6 Å². The van der Waals surface area contributed by atoms with E-state index < -0.39 is 5.97 Å². The first kappa shape index (κ1) is 14.7. The van der Waals surface area contributed by atoms with Gasteiger partial charge in [-0.1, -0.05) is 26.0 Å². The van der Waals surface area contributed by atoms with Gasteiger partial charge in [-0.3, -0.25) is 0 Å². The second kappa shape index (κ2) is 6.00. The lowest BCUT2D eigenvalue weighted by Crippen LogP contribution is -2.10. The average molecular weight is 266 g/mol. The van der Waals surface area contributed by atoms with Crippen LogP contribution in [0.15, 0.2) is 17.2 Å². The Hall–Kier alpha value is -1.36. The summed E-state index contributed by atoms with van der Waals surface area (Å²) < 4.78 is 0. The molecule has 0 atom stereocenters. The van der Waals surface area contributed by atoms with Crippen LogP contribution in [0.3, 0.4) is 0 Å². The van der Waals surface area contributed by atoms with E-state index in [-0.39, 0.29) is 11.5 Å². The number of rotatable bonds is 5. The van der Waals surface area contributed by atoms with Crippen LogP contribution >= 0.6 is 11.8 Å². The first-order valence-corrected chi connectivity index (χ1v) is 6.70. The maximum absolute atomic E-state index is 11.3. The van der Waals surface area contributed by atoms with Crippen molar-refractivity contribution in [1.29, 1.82) is 0 Å². The zero-order chi connectivity index (χ0) is 13.9. The number of hydrogen-bond acceptors (Lipinski definition) is 4. The van der Waals surface area contributed by atoms with Gasteiger partial charge in [-0.15, -0.1) is 11.8 Å². The van der Waals surface area contributed by atoms with E-state index in [1.54, 1.807) is 6.92 Å². The Labute approximate surface area is 112 Å². The zero-order valence-corrected chi connectivity index (χ0v) is 12.0. The van der Waals surface area contributed by atoms with Gasteiger partial charge in [0, 0.05) is 11.7 Å². The highest BCUT2D eigenvalue weighted by atomic mass is 32.2. The maximum Gasteiger partial charge on any atom is 0.340 e. The first-order chi connectivity index (χ1) is 8.32. The van der Waals surface area contributed by atoms with Gasteiger partial charge in [0.1, 0.15) is 16.4 Å². The number of hydrogen-bond donors (Lipinski definition) is 1. The minimum absolute atomic E-state index is 0.177. The molecule has 0 aliphatic carbocycles. The zero-order valence-electron chi connectivity index (χ0n) is 11.1. The van der Waals surface area contributed by atoms with Crippen LogP contribution in [0.2, 0.25) is 0 Å². The summed E-state index contributed by atoms with van der Waals surface area (Å²) in [4.78, 5) is 19.9. The van der Waals surface area contributed by atoms with Gasteiger partial charge in [0.05, 0.1) is 5.69 Å². The van der Waals surface area contributed by atoms with Gasteiger partial charge >= 0.3 is 5.97 Å². The lowest BCUT2D eigenvalue weighted by atomic mass is 10.2. The second-order valence-corrected chi connectivity index (χ2v) is 5.52. The van der Waals surface area contributed by atoms with Crippen LogP contribution in [-0.2, 0) is 0 Å². The number of aromatic nitrogens is 2. The molecule has 18 heavy (non-hydrogen) atoms. The molecule has 0 amide bonds. The maximum atomic E-state index is 11.3. The summed E-state index contributed by atoms with van der Waals surface area (Å²) in [5.41, 5.74) is 1.70. The molecule has 0 unspecified atom stereocenters. The van der Waals surface area contributed by atoms with Gasteiger partial charge in [-0.2, -0.15) is 0 Å². The molecule has 0 aromatic carbocycles. The normalized spacial score (nSPS) is 10.7. The molecule has 1 aromatic rings. The van der Waals surface area contributed by atoms with E-state index in [4.69, 9.17) is 0 Å². The van der Waals surface area contributed by atoms with Crippen molar-refractivity contribution in [3.05, 3.63) is 29.2 Å². The minimum Gasteiger partial charge on any atom is -0.478 e. The molecule has 0 radical (unpaired) electrons. The van der Waals surface area contributed by atoms with Gasteiger partial charge in [0.2, 0.25) is 0 Å². The van der Waals surface area contributed by atoms with E-state index in [9.17, 15) is 9.90 Å². The lowest BCUT2D eigenvalue weighted by Gasteiger charge is -2.11. The highest BCUT2D eigenvalue weighted by Crippen LogP contribution is 2.26. The molecular weight excluding hydrogens is 248 g/mol. The SMILES string of the molecule is C=C(C)CSc1nc(C(C)C)nc(C)c1C(=O)O. The van der Waals surface area contributed by atoms with Gasteiger partial charge in [-0.05, 0) is 13.8 Å². The molecule has 4 nitrogen and oxygen atoms in total. The molecule has 0 fully saturated rings. The fraction of sp³-hybridized carbons (Fsp3) is 0.462. The highest BCUT2D eigenvalue weighted by Gasteiger charge is 2.19. The monoisotopic (exact) mass is 266 g/mol. The topological polar surface area (TPSA) is 63.1 Å². The largest absolute Gasteiger partial charge is 0.478 e. The average Bonchev–Trinajstić information content (AvgIpc) is 2.24. The van der Waals surface area contributed by atoms with E-state index in [0.29, 0.717) is 22.3 Å². The predicted molar refractivity (Wildman–Crippen MR) is 73.4 cm³/mol. The first-order valence-electron chi connectivity index (χ1n) is 5.72. The number of carbonyl (C=O) groups is 1. The molecule has 0 saturated carbocycles. The third-order valence-electron chi connectivity index (χ3n) is 2.26. The fourth-order valence-electron chi connectivity index (χ4n) is 1.37. The van der Waals surface area contributed by atoms with Gasteiger partial charge in [0.25, 0.3) is 0 Å². The predicted octanol–water partition coefficient (Wildman–Crippen LogP) is 3.27. The molecule has 1 heterocycles. The molecule has 5 heteroatoms. The number of carboxylic acids is 1. The van der Waals surface area contributed by atoms with Crippen molar-refractivity contribution in [1.82, 2.24) is 9.97 Å². The summed E-state index contributed by atoms with van der Waals surface area (Å²) in [6.07, 6.45) is 0. The fourth-order valence-corrected chi connectivity index (χ4v) is 2.29. The molecular formula is C13H18N2O2S. The van der Waals surface area contributed by atoms with Crippen molar-refractivity contribution in [3.8, 4) is 0 Å². The quantitative estimate of drug-likeness (QED) is 0.503. The van der Waals surface area contributed by atoms with Crippen molar-refractivity contribution in [2.45, 2.75) is 38.6 Å². The molecule has 1 aromatic heterocycles. The minimum atomic E-state index is -0.980. The molecule has 0 aliphatic heterocycles. The number of carboxylic acid groups (broad SMARTS) is 1. The summed E-state index contributed by atoms with van der Waals surface area (Å²) in [5, 5.41) is 9.75. The van der Waals surface area contributed by atoms with E-state index >= 15 is 0 Å². The Morgan fingerprint density at radius 3 is 2.50 bits per heavy atom. The third-order valence-corrected chi connectivity index (χ3v) is 3.47. The molecule has 0 spiro atoms. The van der Waals surface area contributed by atoms with Gasteiger partial charge in [-0.25, -0.2) is 14.8 Å². The van der Waals surface area contributed by atoms with Crippen molar-refractivity contribution < 1.29 is 9.90 Å². The van der Waals surface area contributed by atoms with Crippen molar-refractivity contribution in [2.24, 2.45) is 0 Å². The highest BCUT2D eigenvalue weighted by molar-refractivity contribution is 7.99. The van der Waals surface area contributed by atoms with Crippen LogP contribution in [-0.4, -0.2) is 26.8 Å². The number of aryl methyl sites for hydroxylation is 1. The van der Waals surface area contributed by atoms with Crippen LogP contribution in [0.25, 0.3) is 0 Å². The molecule has 0 saturated heterocycles. The Bertz CT molecular complexity index is 484. The molecule has 0 aliphatic rings. The lowest BCUT2D eigenvalue weighted by molar-refractivity contribution is 0.0690. The van der Waals surface area contributed by atoms with E-state index in [2.05, 4.69) is 16.5 Å². The smallest absolute Gasteiger partial charge is 0.340 e. The molecule has 98 valence electrons. The molecule has 1 N–H and O–H groups in total. The van der Waals surface area contributed by atoms with Crippen molar-refractivity contribution in [2.75, 3.05) is 5.75 Å². The van der Waals surface area contributed by atoms with E-state index in [1.807, 2.05) is 20.8 Å². The Morgan fingerprint density at radius 2 is 2.06 bits per heavy atom. The van der Waals surface area contributed by atoms with Crippen LogP contribution < -0.4 is 0 Å². The van der Waals surface area contributed by atoms with Crippen LogP contribution in [0.4, 0.5) is 0 Å². The summed E-state index contributed by atoms with van der Waals surface area (Å²) in [6, 6.07) is 0. The Kier molecular flexibility index (Phi) is 4.90. The summed E-state index contributed by atoms with van der Waals surface area (Å²) in [6.45, 7) is 11.4. The molecule has 0 bridgehead atoms. The van der Waals surface area contributed by atoms with Crippen LogP contribution in [0.5, 0.6) is 0 Å². The van der Waals surface area contributed by atoms with E-state index in [0.717, 1.165) is 5.57 Å². The third kappa shape index (κ3) is 3.57. The standard InChI is InChI=1S/C13H18N2O2S/c1-7(2)6-18-12-10(13(16)17)9(5)14-11(15-12)8(3)4/h8H,1,6H2,2-5H3,(H,16,17). The summed E-state index contributed by atoms with van der Waals surface area (Å²) in [5.74, 6) is 0.540. The number of thioether (sulfide) groups is 1. The van der Waals surface area contributed by atoms with Crippen LogP contribution in [0, 0.1) is 6.92 Å². The second-order valence-electron chi connectivity index (χ2n) is 4.55. The van der Waals surface area contributed by atoms with Crippen molar-refractivity contribution >= 4 is 17.7 Å². The van der Waals surface area contributed by atoms with Gasteiger partial charge in [0.15, 0.2) is 0 Å².